The number of benzene rings is 2. The van der Waals surface area contributed by atoms with E-state index in [1.165, 1.54) is 12.1 Å². The number of aryl methyl sites for hydroxylation is 1. The van der Waals surface area contributed by atoms with Gasteiger partial charge in [-0.3, -0.25) is 4.79 Å². The zero-order valence-corrected chi connectivity index (χ0v) is 14.5. The number of amides is 1. The number of carbonyl (C=O) groups is 1. The van der Waals surface area contributed by atoms with Gasteiger partial charge in [0.2, 0.25) is 0 Å². The second-order valence-electron chi connectivity index (χ2n) is 6.30. The molecule has 3 aromatic rings. The third-order valence-electron chi connectivity index (χ3n) is 4.36. The Kier molecular flexibility index (Phi) is 4.86. The topological polar surface area (TPSA) is 45.5 Å². The highest BCUT2D eigenvalue weighted by atomic mass is 19.1. The normalized spacial score (nSPS) is 12.5. The Balaban J connectivity index is 1.78. The van der Waals surface area contributed by atoms with Crippen molar-refractivity contribution in [3.63, 3.8) is 0 Å². The lowest BCUT2D eigenvalue weighted by Gasteiger charge is -2.25. The number of nitrogens with zero attached hydrogens (tertiary/aromatic N) is 1. The summed E-state index contributed by atoms with van der Waals surface area (Å²) in [5.41, 5.74) is 2.33. The van der Waals surface area contributed by atoms with E-state index in [0.717, 1.165) is 16.5 Å². The zero-order valence-electron chi connectivity index (χ0n) is 14.5. The predicted octanol–water partition coefficient (Wildman–Crippen LogP) is 3.91. The summed E-state index contributed by atoms with van der Waals surface area (Å²) in [5.74, 6) is -0.237. The SMILES string of the molecule is Cc1c(C(=O)NCC(c2cccc(F)c2)N(C)C)oc2ccccc12. The van der Waals surface area contributed by atoms with Crippen molar-refractivity contribution in [3.8, 4) is 0 Å². The van der Waals surface area contributed by atoms with Crippen LogP contribution in [0.4, 0.5) is 4.39 Å². The van der Waals surface area contributed by atoms with Crippen LogP contribution in [0.5, 0.6) is 0 Å². The van der Waals surface area contributed by atoms with Crippen LogP contribution in [0.15, 0.2) is 52.9 Å². The van der Waals surface area contributed by atoms with Crippen molar-refractivity contribution in [3.05, 3.63) is 71.2 Å². The molecular formula is C20H21FN2O2. The molecule has 1 heterocycles. The lowest BCUT2D eigenvalue weighted by atomic mass is 10.1. The minimum atomic E-state index is -0.288. The van der Waals surface area contributed by atoms with Crippen LogP contribution < -0.4 is 5.32 Å². The fourth-order valence-electron chi connectivity index (χ4n) is 2.97. The summed E-state index contributed by atoms with van der Waals surface area (Å²) in [6, 6.07) is 13.9. The van der Waals surface area contributed by atoms with Gasteiger partial charge in [-0.05, 0) is 44.8 Å². The Morgan fingerprint density at radius 2 is 1.96 bits per heavy atom. The van der Waals surface area contributed by atoms with Crippen LogP contribution in [0.25, 0.3) is 11.0 Å². The Bertz CT molecular complexity index is 902. The van der Waals surface area contributed by atoms with Gasteiger partial charge in [0.25, 0.3) is 5.91 Å². The first-order valence-electron chi connectivity index (χ1n) is 8.15. The molecule has 5 heteroatoms. The lowest BCUT2D eigenvalue weighted by molar-refractivity contribution is 0.0915. The summed E-state index contributed by atoms with van der Waals surface area (Å²) in [6.07, 6.45) is 0. The van der Waals surface area contributed by atoms with E-state index in [9.17, 15) is 9.18 Å². The number of likely N-dealkylation sites (N-methyl/N-ethyl adjacent to an activating group) is 1. The van der Waals surface area contributed by atoms with E-state index in [-0.39, 0.29) is 17.8 Å². The third kappa shape index (κ3) is 3.56. The molecule has 0 radical (unpaired) electrons. The maximum absolute atomic E-state index is 13.5. The minimum Gasteiger partial charge on any atom is -0.451 e. The molecule has 4 nitrogen and oxygen atoms in total. The Morgan fingerprint density at radius 1 is 1.20 bits per heavy atom. The number of rotatable bonds is 5. The van der Waals surface area contributed by atoms with Gasteiger partial charge in [0.15, 0.2) is 5.76 Å². The molecule has 2 aromatic carbocycles. The highest BCUT2D eigenvalue weighted by molar-refractivity contribution is 5.98. The molecule has 25 heavy (non-hydrogen) atoms. The monoisotopic (exact) mass is 340 g/mol. The van der Waals surface area contributed by atoms with Gasteiger partial charge >= 0.3 is 0 Å². The first kappa shape index (κ1) is 17.2. The van der Waals surface area contributed by atoms with Gasteiger partial charge in [0.05, 0.1) is 6.04 Å². The van der Waals surface area contributed by atoms with Gasteiger partial charge in [0.1, 0.15) is 11.4 Å². The number of halogens is 1. The van der Waals surface area contributed by atoms with Gasteiger partial charge in [0, 0.05) is 17.5 Å². The summed E-state index contributed by atoms with van der Waals surface area (Å²) < 4.78 is 19.2. The predicted molar refractivity (Wildman–Crippen MR) is 96.1 cm³/mol. The second kappa shape index (κ2) is 7.07. The summed E-state index contributed by atoms with van der Waals surface area (Å²) in [4.78, 5) is 14.5. The number of furan rings is 1. The highest BCUT2D eigenvalue weighted by Crippen LogP contribution is 2.25. The summed E-state index contributed by atoms with van der Waals surface area (Å²) in [5, 5.41) is 3.84. The number of carbonyl (C=O) groups excluding carboxylic acids is 1. The quantitative estimate of drug-likeness (QED) is 0.766. The van der Waals surface area contributed by atoms with Crippen LogP contribution in [0.3, 0.4) is 0 Å². The van der Waals surface area contributed by atoms with Gasteiger partial charge in [-0.25, -0.2) is 4.39 Å². The molecule has 0 bridgehead atoms. The molecular weight excluding hydrogens is 319 g/mol. The van der Waals surface area contributed by atoms with Crippen molar-refractivity contribution < 1.29 is 13.6 Å². The standard InChI is InChI=1S/C20H21FN2O2/c1-13-16-9-4-5-10-18(16)25-19(13)20(24)22-12-17(23(2)3)14-7-6-8-15(21)11-14/h4-11,17H,12H2,1-3H3,(H,22,24). The van der Waals surface area contributed by atoms with Crippen LogP contribution in [0, 0.1) is 12.7 Å². The van der Waals surface area contributed by atoms with Crippen molar-refractivity contribution in [1.82, 2.24) is 10.2 Å². The van der Waals surface area contributed by atoms with Crippen molar-refractivity contribution in [2.75, 3.05) is 20.6 Å². The van der Waals surface area contributed by atoms with E-state index >= 15 is 0 Å². The lowest BCUT2D eigenvalue weighted by Crippen LogP contribution is -2.34. The van der Waals surface area contributed by atoms with Gasteiger partial charge in [-0.2, -0.15) is 0 Å². The summed E-state index contributed by atoms with van der Waals surface area (Å²) in [6.45, 7) is 2.22. The van der Waals surface area contributed by atoms with Crippen LogP contribution >= 0.6 is 0 Å². The van der Waals surface area contributed by atoms with E-state index in [1.807, 2.05) is 56.3 Å². The Morgan fingerprint density at radius 3 is 2.64 bits per heavy atom. The molecule has 1 unspecified atom stereocenters. The molecule has 0 fully saturated rings. The maximum atomic E-state index is 13.5. The third-order valence-corrected chi connectivity index (χ3v) is 4.36. The molecule has 0 saturated carbocycles. The van der Waals surface area contributed by atoms with Crippen LogP contribution in [0.2, 0.25) is 0 Å². The average molecular weight is 340 g/mol. The highest BCUT2D eigenvalue weighted by Gasteiger charge is 2.20. The molecule has 1 atom stereocenters. The summed E-state index contributed by atoms with van der Waals surface area (Å²) >= 11 is 0. The first-order valence-corrected chi connectivity index (χ1v) is 8.15. The Hall–Kier alpha value is -2.66. The Labute approximate surface area is 146 Å². The maximum Gasteiger partial charge on any atom is 0.287 e. The molecule has 1 aromatic heterocycles. The molecule has 0 aliphatic heterocycles. The molecule has 0 spiro atoms. The molecule has 0 aliphatic carbocycles. The largest absolute Gasteiger partial charge is 0.451 e. The van der Waals surface area contributed by atoms with Crippen molar-refractivity contribution >= 4 is 16.9 Å². The number of para-hydroxylation sites is 1. The summed E-state index contributed by atoms with van der Waals surface area (Å²) in [7, 11) is 3.79. The van der Waals surface area contributed by atoms with Crippen molar-refractivity contribution in [2.45, 2.75) is 13.0 Å². The molecule has 130 valence electrons. The van der Waals surface area contributed by atoms with Crippen molar-refractivity contribution in [1.29, 1.82) is 0 Å². The van der Waals surface area contributed by atoms with Crippen LogP contribution in [-0.2, 0) is 0 Å². The molecule has 0 saturated heterocycles. The number of fused-ring (bicyclic) bond motifs is 1. The smallest absolute Gasteiger partial charge is 0.287 e. The number of hydrogen-bond donors (Lipinski definition) is 1. The van der Waals surface area contributed by atoms with Crippen LogP contribution in [-0.4, -0.2) is 31.4 Å². The second-order valence-corrected chi connectivity index (χ2v) is 6.30. The molecule has 1 N–H and O–H groups in total. The molecule has 3 rings (SSSR count). The van der Waals surface area contributed by atoms with Gasteiger partial charge in [-0.1, -0.05) is 30.3 Å². The van der Waals surface area contributed by atoms with Gasteiger partial charge < -0.3 is 14.6 Å². The minimum absolute atomic E-state index is 0.135. The van der Waals surface area contributed by atoms with Gasteiger partial charge in [-0.15, -0.1) is 0 Å². The first-order chi connectivity index (χ1) is 12.0. The zero-order chi connectivity index (χ0) is 18.0. The fraction of sp³-hybridized carbons (Fsp3) is 0.250. The molecule has 0 aliphatic rings. The van der Waals surface area contributed by atoms with E-state index in [0.29, 0.717) is 17.9 Å². The van der Waals surface area contributed by atoms with Crippen LogP contribution in [0.1, 0.15) is 27.7 Å². The number of hydrogen-bond acceptors (Lipinski definition) is 3. The average Bonchev–Trinajstić information content (AvgIpc) is 2.92. The molecule has 1 amide bonds. The fourth-order valence-corrected chi connectivity index (χ4v) is 2.97. The van der Waals surface area contributed by atoms with Crippen molar-refractivity contribution in [2.24, 2.45) is 0 Å². The van der Waals surface area contributed by atoms with E-state index < -0.39 is 0 Å². The number of nitrogens with one attached hydrogen (secondary N) is 1. The van der Waals surface area contributed by atoms with E-state index in [2.05, 4.69) is 5.32 Å². The van der Waals surface area contributed by atoms with E-state index in [1.54, 1.807) is 6.07 Å². The van der Waals surface area contributed by atoms with E-state index in [4.69, 9.17) is 4.42 Å².